The molecule has 0 saturated carbocycles. The lowest BCUT2D eigenvalue weighted by Crippen LogP contribution is -1.86. The van der Waals surface area contributed by atoms with Gasteiger partial charge in [-0.25, -0.2) is 0 Å². The van der Waals surface area contributed by atoms with Crippen LogP contribution in [0.15, 0.2) is 78.9 Å². The molecule has 6 aromatic rings. The molecular formula is C26H19NS. The Balaban J connectivity index is 1.62. The van der Waals surface area contributed by atoms with Crippen molar-refractivity contribution in [3.8, 4) is 11.1 Å². The molecule has 0 bridgehead atoms. The smallest absolute Gasteiger partial charge is 0.0489 e. The first-order chi connectivity index (χ1) is 13.7. The molecule has 0 atom stereocenters. The fourth-order valence-corrected chi connectivity index (χ4v) is 5.50. The van der Waals surface area contributed by atoms with E-state index >= 15 is 0 Å². The summed E-state index contributed by atoms with van der Waals surface area (Å²) in [5.41, 5.74) is 6.43. The molecule has 0 unspecified atom stereocenters. The zero-order valence-electron chi connectivity index (χ0n) is 15.9. The minimum Gasteiger partial charge on any atom is -0.344 e. The van der Waals surface area contributed by atoms with Gasteiger partial charge in [0.05, 0.1) is 0 Å². The summed E-state index contributed by atoms with van der Waals surface area (Å²) in [6, 6.07) is 29.2. The third-order valence-corrected chi connectivity index (χ3v) is 7.02. The van der Waals surface area contributed by atoms with E-state index in [1.165, 1.54) is 58.7 Å². The predicted octanol–water partition coefficient (Wildman–Crippen LogP) is 7.67. The average Bonchev–Trinajstić information content (AvgIpc) is 3.23. The Bertz CT molecular complexity index is 1530. The van der Waals surface area contributed by atoms with Crippen molar-refractivity contribution in [2.24, 2.45) is 7.05 Å². The van der Waals surface area contributed by atoms with Gasteiger partial charge >= 0.3 is 0 Å². The molecule has 0 spiro atoms. The molecule has 134 valence electrons. The van der Waals surface area contributed by atoms with Crippen LogP contribution in [0.5, 0.6) is 0 Å². The van der Waals surface area contributed by atoms with E-state index in [4.69, 9.17) is 0 Å². The monoisotopic (exact) mass is 377 g/mol. The Labute approximate surface area is 167 Å². The SMILES string of the molecule is Cc1ccc2c(c1)c1cc(-c3ccc4sc5ccccc5c4c3)ccc1n2C. The van der Waals surface area contributed by atoms with E-state index in [2.05, 4.69) is 97.4 Å². The summed E-state index contributed by atoms with van der Waals surface area (Å²) in [6.45, 7) is 2.16. The van der Waals surface area contributed by atoms with Crippen LogP contribution in [-0.4, -0.2) is 4.57 Å². The van der Waals surface area contributed by atoms with Gasteiger partial charge in [-0.2, -0.15) is 0 Å². The fraction of sp³-hybridized carbons (Fsp3) is 0.0769. The van der Waals surface area contributed by atoms with Crippen molar-refractivity contribution < 1.29 is 0 Å². The second kappa shape index (κ2) is 5.70. The quantitative estimate of drug-likeness (QED) is 0.277. The molecule has 0 saturated heterocycles. The van der Waals surface area contributed by atoms with Crippen molar-refractivity contribution in [2.45, 2.75) is 6.92 Å². The second-order valence-corrected chi connectivity index (χ2v) is 8.70. The number of nitrogens with zero attached hydrogens (tertiary/aromatic N) is 1. The fourth-order valence-electron chi connectivity index (χ4n) is 4.42. The van der Waals surface area contributed by atoms with Crippen molar-refractivity contribution in [3.05, 3.63) is 84.4 Å². The van der Waals surface area contributed by atoms with E-state index in [9.17, 15) is 0 Å². The Morgan fingerprint density at radius 1 is 0.607 bits per heavy atom. The standard InChI is InChI=1S/C26H19NS/c1-16-7-10-23-20(13-16)21-14-17(8-11-24(21)27(23)2)18-9-12-26-22(15-18)19-5-3-4-6-25(19)28-26/h3-15H,1-2H3. The van der Waals surface area contributed by atoms with Gasteiger partial charge in [-0.3, -0.25) is 0 Å². The molecule has 0 aliphatic carbocycles. The number of aromatic nitrogens is 1. The van der Waals surface area contributed by atoms with E-state index in [-0.39, 0.29) is 0 Å². The summed E-state index contributed by atoms with van der Waals surface area (Å²) >= 11 is 1.87. The van der Waals surface area contributed by atoms with Crippen LogP contribution in [0.3, 0.4) is 0 Å². The topological polar surface area (TPSA) is 4.93 Å². The van der Waals surface area contributed by atoms with Gasteiger partial charge in [0, 0.05) is 49.0 Å². The maximum Gasteiger partial charge on any atom is 0.0489 e. The highest BCUT2D eigenvalue weighted by atomic mass is 32.1. The molecule has 0 aliphatic rings. The zero-order valence-corrected chi connectivity index (χ0v) is 16.7. The molecule has 6 rings (SSSR count). The van der Waals surface area contributed by atoms with Gasteiger partial charge in [0.2, 0.25) is 0 Å². The summed E-state index contributed by atoms with van der Waals surface area (Å²) < 4.78 is 5.00. The van der Waals surface area contributed by atoms with Crippen molar-refractivity contribution in [1.29, 1.82) is 0 Å². The van der Waals surface area contributed by atoms with E-state index in [0.29, 0.717) is 0 Å². The van der Waals surface area contributed by atoms with E-state index in [1.54, 1.807) is 0 Å². The van der Waals surface area contributed by atoms with Crippen LogP contribution in [0.4, 0.5) is 0 Å². The van der Waals surface area contributed by atoms with Crippen molar-refractivity contribution in [1.82, 2.24) is 4.57 Å². The molecule has 28 heavy (non-hydrogen) atoms. The summed E-state index contributed by atoms with van der Waals surface area (Å²) in [5, 5.41) is 5.37. The normalized spacial score (nSPS) is 11.9. The lowest BCUT2D eigenvalue weighted by Gasteiger charge is -2.04. The maximum atomic E-state index is 2.35. The molecule has 0 aliphatic heterocycles. The number of rotatable bonds is 1. The molecule has 2 heterocycles. The van der Waals surface area contributed by atoms with Crippen molar-refractivity contribution >= 4 is 53.3 Å². The third kappa shape index (κ3) is 2.18. The van der Waals surface area contributed by atoms with Gasteiger partial charge in [0.15, 0.2) is 0 Å². The molecule has 2 aromatic heterocycles. The highest BCUT2D eigenvalue weighted by Gasteiger charge is 2.11. The van der Waals surface area contributed by atoms with Crippen molar-refractivity contribution in [3.63, 3.8) is 0 Å². The Morgan fingerprint density at radius 3 is 2.11 bits per heavy atom. The van der Waals surface area contributed by atoms with Gasteiger partial charge < -0.3 is 4.57 Å². The summed E-state index contributed by atoms with van der Waals surface area (Å²) in [5.74, 6) is 0. The molecule has 0 radical (unpaired) electrons. The number of hydrogen-bond acceptors (Lipinski definition) is 1. The third-order valence-electron chi connectivity index (χ3n) is 5.87. The molecule has 0 N–H and O–H groups in total. The van der Waals surface area contributed by atoms with Crippen LogP contribution in [0, 0.1) is 6.92 Å². The molecule has 0 fully saturated rings. The molecule has 2 heteroatoms. The molecular weight excluding hydrogens is 358 g/mol. The Kier molecular flexibility index (Phi) is 3.24. The van der Waals surface area contributed by atoms with Crippen LogP contribution in [0.2, 0.25) is 0 Å². The number of benzene rings is 4. The molecule has 0 amide bonds. The van der Waals surface area contributed by atoms with E-state index < -0.39 is 0 Å². The first kappa shape index (κ1) is 15.9. The summed E-state index contributed by atoms with van der Waals surface area (Å²) in [7, 11) is 2.16. The zero-order chi connectivity index (χ0) is 18.8. The highest BCUT2D eigenvalue weighted by molar-refractivity contribution is 7.25. The first-order valence-electron chi connectivity index (χ1n) is 9.59. The van der Waals surface area contributed by atoms with E-state index in [1.807, 2.05) is 11.3 Å². The largest absolute Gasteiger partial charge is 0.344 e. The van der Waals surface area contributed by atoms with Crippen LogP contribution in [0.25, 0.3) is 53.1 Å². The van der Waals surface area contributed by atoms with Gasteiger partial charge in [-0.1, -0.05) is 42.0 Å². The molecule has 1 nitrogen and oxygen atoms in total. The average molecular weight is 378 g/mol. The first-order valence-corrected chi connectivity index (χ1v) is 10.4. The van der Waals surface area contributed by atoms with E-state index in [0.717, 1.165) is 0 Å². The predicted molar refractivity (Wildman–Crippen MR) is 123 cm³/mol. The lowest BCUT2D eigenvalue weighted by molar-refractivity contribution is 1.01. The maximum absolute atomic E-state index is 2.35. The summed E-state index contributed by atoms with van der Waals surface area (Å²) in [4.78, 5) is 0. The Morgan fingerprint density at radius 2 is 1.25 bits per heavy atom. The number of hydrogen-bond donors (Lipinski definition) is 0. The van der Waals surface area contributed by atoms with Gasteiger partial charge in [-0.15, -0.1) is 11.3 Å². The van der Waals surface area contributed by atoms with Gasteiger partial charge in [0.25, 0.3) is 0 Å². The Hall–Kier alpha value is -3.10. The van der Waals surface area contributed by atoms with Crippen molar-refractivity contribution in [2.75, 3.05) is 0 Å². The lowest BCUT2D eigenvalue weighted by atomic mass is 10.0. The van der Waals surface area contributed by atoms with Crippen LogP contribution in [-0.2, 0) is 7.05 Å². The van der Waals surface area contributed by atoms with Crippen LogP contribution in [0.1, 0.15) is 5.56 Å². The minimum absolute atomic E-state index is 1.28. The van der Waals surface area contributed by atoms with Crippen LogP contribution >= 0.6 is 11.3 Å². The second-order valence-electron chi connectivity index (χ2n) is 7.62. The molecule has 4 aromatic carbocycles. The highest BCUT2D eigenvalue weighted by Crippen LogP contribution is 2.37. The number of thiophene rings is 1. The minimum atomic E-state index is 1.28. The van der Waals surface area contributed by atoms with Crippen LogP contribution < -0.4 is 0 Å². The summed E-state index contributed by atoms with van der Waals surface area (Å²) in [6.07, 6.45) is 0. The van der Waals surface area contributed by atoms with Gasteiger partial charge in [-0.05, 0) is 60.5 Å². The number of fused-ring (bicyclic) bond motifs is 6. The number of aryl methyl sites for hydroxylation is 2. The van der Waals surface area contributed by atoms with Gasteiger partial charge in [0.1, 0.15) is 0 Å².